The summed E-state index contributed by atoms with van der Waals surface area (Å²) in [6.45, 7) is 3.33. The van der Waals surface area contributed by atoms with Gasteiger partial charge in [-0.2, -0.15) is 0 Å². The van der Waals surface area contributed by atoms with E-state index in [4.69, 9.17) is 9.84 Å². The molecular formula is C23H24N2O4S. The van der Waals surface area contributed by atoms with Crippen LogP contribution in [-0.2, 0) is 0 Å². The molecule has 156 valence electrons. The highest BCUT2D eigenvalue weighted by atomic mass is 32.1. The standard InChI is InChI=1S/C23H24N2O4S/c26-21(22-24-19-4-1-2-5-20(19)30-22)16-10-13-25(14-11-16)12-3-15-29-18-8-6-17(7-9-18)23(27)28/h1-2,4-9,16H,3,10-15H2,(H,27,28). The number of nitrogens with zero attached hydrogens (tertiary/aromatic N) is 2. The molecule has 1 aliphatic heterocycles. The number of para-hydroxylation sites is 1. The molecule has 0 spiro atoms. The average molecular weight is 425 g/mol. The number of piperidine rings is 1. The van der Waals surface area contributed by atoms with Crippen LogP contribution >= 0.6 is 11.3 Å². The monoisotopic (exact) mass is 424 g/mol. The van der Waals surface area contributed by atoms with E-state index in [-0.39, 0.29) is 17.3 Å². The molecule has 4 rings (SSSR count). The zero-order valence-electron chi connectivity index (χ0n) is 16.6. The Morgan fingerprint density at radius 1 is 1.10 bits per heavy atom. The Bertz CT molecular complexity index is 990. The second-order valence-corrected chi connectivity index (χ2v) is 8.53. The Hall–Kier alpha value is -2.77. The van der Waals surface area contributed by atoms with E-state index in [2.05, 4.69) is 9.88 Å². The Morgan fingerprint density at radius 3 is 2.53 bits per heavy atom. The van der Waals surface area contributed by atoms with Gasteiger partial charge in [-0.25, -0.2) is 9.78 Å². The zero-order chi connectivity index (χ0) is 20.9. The van der Waals surface area contributed by atoms with Crippen LogP contribution in [0.3, 0.4) is 0 Å². The van der Waals surface area contributed by atoms with E-state index < -0.39 is 5.97 Å². The summed E-state index contributed by atoms with van der Waals surface area (Å²) in [7, 11) is 0. The Balaban J connectivity index is 1.19. The van der Waals surface area contributed by atoms with Crippen LogP contribution in [0.1, 0.15) is 39.4 Å². The predicted molar refractivity (Wildman–Crippen MR) is 117 cm³/mol. The van der Waals surface area contributed by atoms with Gasteiger partial charge < -0.3 is 14.7 Å². The molecular weight excluding hydrogens is 400 g/mol. The van der Waals surface area contributed by atoms with Gasteiger partial charge in [0.05, 0.1) is 22.4 Å². The number of carbonyl (C=O) groups excluding carboxylic acids is 1. The summed E-state index contributed by atoms with van der Waals surface area (Å²) >= 11 is 1.49. The van der Waals surface area contributed by atoms with Crippen LogP contribution in [0.15, 0.2) is 48.5 Å². The van der Waals surface area contributed by atoms with E-state index in [1.165, 1.54) is 11.3 Å². The van der Waals surface area contributed by atoms with Crippen LogP contribution in [0.2, 0.25) is 0 Å². The number of hydrogen-bond acceptors (Lipinski definition) is 6. The number of aromatic carboxylic acids is 1. The summed E-state index contributed by atoms with van der Waals surface area (Å²) in [5.74, 6) is -0.0125. The van der Waals surface area contributed by atoms with E-state index in [1.54, 1.807) is 24.3 Å². The van der Waals surface area contributed by atoms with Crippen molar-refractivity contribution in [1.82, 2.24) is 9.88 Å². The first-order valence-electron chi connectivity index (χ1n) is 10.2. The van der Waals surface area contributed by atoms with Crippen LogP contribution < -0.4 is 4.74 Å². The van der Waals surface area contributed by atoms with Crippen molar-refractivity contribution in [3.05, 3.63) is 59.1 Å². The molecule has 2 heterocycles. The normalized spacial score (nSPS) is 15.3. The molecule has 1 N–H and O–H groups in total. The summed E-state index contributed by atoms with van der Waals surface area (Å²) in [5.41, 5.74) is 1.16. The molecule has 0 radical (unpaired) electrons. The zero-order valence-corrected chi connectivity index (χ0v) is 17.4. The lowest BCUT2D eigenvalue weighted by Gasteiger charge is -2.30. The van der Waals surface area contributed by atoms with Crippen LogP contribution in [0, 0.1) is 5.92 Å². The van der Waals surface area contributed by atoms with E-state index in [1.807, 2.05) is 24.3 Å². The van der Waals surface area contributed by atoms with Crippen molar-refractivity contribution in [3.63, 3.8) is 0 Å². The number of ether oxygens (including phenoxy) is 1. The third-order valence-corrected chi connectivity index (χ3v) is 6.50. The number of carbonyl (C=O) groups is 2. The van der Waals surface area contributed by atoms with Gasteiger partial charge in [0.15, 0.2) is 10.8 Å². The minimum Gasteiger partial charge on any atom is -0.494 e. The highest BCUT2D eigenvalue weighted by Gasteiger charge is 2.27. The summed E-state index contributed by atoms with van der Waals surface area (Å²) in [4.78, 5) is 30.6. The van der Waals surface area contributed by atoms with Gasteiger partial charge >= 0.3 is 5.97 Å². The summed E-state index contributed by atoms with van der Waals surface area (Å²) in [6.07, 6.45) is 2.62. The number of benzene rings is 2. The molecule has 2 aromatic carbocycles. The number of carboxylic acids is 1. The van der Waals surface area contributed by atoms with E-state index in [0.717, 1.165) is 49.1 Å². The maximum absolute atomic E-state index is 12.8. The van der Waals surface area contributed by atoms with Crippen LogP contribution in [-0.4, -0.2) is 53.0 Å². The number of likely N-dealkylation sites (tertiary alicyclic amines) is 1. The first-order valence-corrected chi connectivity index (χ1v) is 11.0. The summed E-state index contributed by atoms with van der Waals surface area (Å²) in [5, 5.41) is 9.55. The minimum atomic E-state index is -0.938. The lowest BCUT2D eigenvalue weighted by atomic mass is 9.92. The molecule has 0 saturated carbocycles. The van der Waals surface area contributed by atoms with Gasteiger partial charge in [-0.05, 0) is 68.8 Å². The highest BCUT2D eigenvalue weighted by molar-refractivity contribution is 7.20. The van der Waals surface area contributed by atoms with Crippen molar-refractivity contribution < 1.29 is 19.4 Å². The fourth-order valence-electron chi connectivity index (χ4n) is 3.74. The van der Waals surface area contributed by atoms with E-state index >= 15 is 0 Å². The van der Waals surface area contributed by atoms with Crippen molar-refractivity contribution >= 4 is 33.3 Å². The molecule has 0 amide bonds. The quantitative estimate of drug-likeness (QED) is 0.428. The Kier molecular flexibility index (Phi) is 6.40. The first-order chi connectivity index (χ1) is 14.6. The third-order valence-electron chi connectivity index (χ3n) is 5.45. The van der Waals surface area contributed by atoms with E-state index in [0.29, 0.717) is 17.4 Å². The molecule has 6 nitrogen and oxygen atoms in total. The molecule has 1 aliphatic rings. The maximum Gasteiger partial charge on any atom is 0.335 e. The van der Waals surface area contributed by atoms with Crippen LogP contribution in [0.5, 0.6) is 5.75 Å². The molecule has 1 fully saturated rings. The SMILES string of the molecule is O=C(O)c1ccc(OCCCN2CCC(C(=O)c3nc4ccccc4s3)CC2)cc1. The molecule has 0 bridgehead atoms. The summed E-state index contributed by atoms with van der Waals surface area (Å²) < 4.78 is 6.76. The van der Waals surface area contributed by atoms with Crippen molar-refractivity contribution in [2.75, 3.05) is 26.2 Å². The largest absolute Gasteiger partial charge is 0.494 e. The fourth-order valence-corrected chi connectivity index (χ4v) is 4.73. The molecule has 7 heteroatoms. The second kappa shape index (κ2) is 9.36. The van der Waals surface area contributed by atoms with Crippen molar-refractivity contribution in [3.8, 4) is 5.75 Å². The lowest BCUT2D eigenvalue weighted by molar-refractivity contribution is 0.0696. The fraction of sp³-hybridized carbons (Fsp3) is 0.348. The lowest BCUT2D eigenvalue weighted by Crippen LogP contribution is -2.37. The number of fused-ring (bicyclic) bond motifs is 1. The molecule has 30 heavy (non-hydrogen) atoms. The Morgan fingerprint density at radius 2 is 1.83 bits per heavy atom. The smallest absolute Gasteiger partial charge is 0.335 e. The number of carboxylic acid groups (broad SMARTS) is 1. The molecule has 0 unspecified atom stereocenters. The van der Waals surface area contributed by atoms with Gasteiger partial charge in [0.25, 0.3) is 0 Å². The third kappa shape index (κ3) is 4.86. The second-order valence-electron chi connectivity index (χ2n) is 7.50. The molecule has 3 aromatic rings. The number of aromatic nitrogens is 1. The van der Waals surface area contributed by atoms with E-state index in [9.17, 15) is 9.59 Å². The van der Waals surface area contributed by atoms with Gasteiger partial charge in [0, 0.05) is 12.5 Å². The van der Waals surface area contributed by atoms with Gasteiger partial charge in [-0.1, -0.05) is 12.1 Å². The number of thiazole rings is 1. The molecule has 0 aliphatic carbocycles. The maximum atomic E-state index is 12.8. The number of Topliss-reactive ketones (excluding diaryl/α,β-unsaturated/α-hetero) is 1. The molecule has 1 saturated heterocycles. The highest BCUT2D eigenvalue weighted by Crippen LogP contribution is 2.27. The molecule has 1 aromatic heterocycles. The number of ketones is 1. The van der Waals surface area contributed by atoms with Gasteiger partial charge in [-0.15, -0.1) is 11.3 Å². The van der Waals surface area contributed by atoms with Crippen LogP contribution in [0.25, 0.3) is 10.2 Å². The molecule has 0 atom stereocenters. The summed E-state index contributed by atoms with van der Waals surface area (Å²) in [6, 6.07) is 14.3. The van der Waals surface area contributed by atoms with Crippen molar-refractivity contribution in [2.24, 2.45) is 5.92 Å². The number of hydrogen-bond donors (Lipinski definition) is 1. The first kappa shape index (κ1) is 20.5. The minimum absolute atomic E-state index is 0.0609. The van der Waals surface area contributed by atoms with Crippen LogP contribution in [0.4, 0.5) is 0 Å². The average Bonchev–Trinajstić information content (AvgIpc) is 3.21. The van der Waals surface area contributed by atoms with Crippen molar-refractivity contribution in [1.29, 1.82) is 0 Å². The van der Waals surface area contributed by atoms with Gasteiger partial charge in [0.2, 0.25) is 0 Å². The predicted octanol–water partition coefficient (Wildman–Crippen LogP) is 4.36. The number of rotatable bonds is 8. The Labute approximate surface area is 179 Å². The topological polar surface area (TPSA) is 79.7 Å². The van der Waals surface area contributed by atoms with Gasteiger partial charge in [-0.3, -0.25) is 4.79 Å². The van der Waals surface area contributed by atoms with Gasteiger partial charge in [0.1, 0.15) is 5.75 Å². The van der Waals surface area contributed by atoms with Crippen molar-refractivity contribution in [2.45, 2.75) is 19.3 Å².